The first-order valence-electron chi connectivity index (χ1n) is 9.16. The number of allylic oxidation sites excluding steroid dienone is 2. The lowest BCUT2D eigenvalue weighted by atomic mass is 9.86. The van der Waals surface area contributed by atoms with Crippen molar-refractivity contribution < 1.29 is 4.74 Å². The molecule has 0 unspecified atom stereocenters. The Kier molecular flexibility index (Phi) is 4.34. The number of hydrogen-bond donors (Lipinski definition) is 1. The number of rotatable bonds is 3. The molecule has 0 saturated carbocycles. The second-order valence-electron chi connectivity index (χ2n) is 7.01. The number of benzene rings is 3. The van der Waals surface area contributed by atoms with Crippen molar-refractivity contribution in [2.45, 2.75) is 26.7 Å². The first-order chi connectivity index (χ1) is 12.7. The number of ether oxygens (including phenoxy) is 1. The van der Waals surface area contributed by atoms with E-state index in [9.17, 15) is 0 Å². The van der Waals surface area contributed by atoms with Gasteiger partial charge in [-0.2, -0.15) is 0 Å². The molecule has 1 aliphatic heterocycles. The van der Waals surface area contributed by atoms with Gasteiger partial charge in [-0.05, 0) is 49.1 Å². The van der Waals surface area contributed by atoms with E-state index in [1.807, 2.05) is 30.3 Å². The monoisotopic (exact) mass is 341 g/mol. The van der Waals surface area contributed by atoms with Crippen LogP contribution in [0.5, 0.6) is 5.75 Å². The topological polar surface area (TPSA) is 33.1 Å². The fourth-order valence-electron chi connectivity index (χ4n) is 3.86. The van der Waals surface area contributed by atoms with E-state index in [0.29, 0.717) is 5.71 Å². The Morgan fingerprint density at radius 2 is 1.62 bits per heavy atom. The molecule has 2 heteroatoms. The van der Waals surface area contributed by atoms with Crippen molar-refractivity contribution in [2.75, 3.05) is 6.61 Å². The maximum absolute atomic E-state index is 9.06. The molecule has 3 aromatic carbocycles. The summed E-state index contributed by atoms with van der Waals surface area (Å²) in [5, 5.41) is 11.3. The Morgan fingerprint density at radius 3 is 2.46 bits per heavy atom. The largest absolute Gasteiger partial charge is 0.493 e. The van der Waals surface area contributed by atoms with Gasteiger partial charge in [-0.15, -0.1) is 0 Å². The second-order valence-corrected chi connectivity index (χ2v) is 7.01. The van der Waals surface area contributed by atoms with Gasteiger partial charge >= 0.3 is 0 Å². The summed E-state index contributed by atoms with van der Waals surface area (Å²) in [7, 11) is 0. The lowest BCUT2D eigenvalue weighted by Crippen LogP contribution is -2.13. The van der Waals surface area contributed by atoms with E-state index in [-0.39, 0.29) is 0 Å². The van der Waals surface area contributed by atoms with Gasteiger partial charge in [0.25, 0.3) is 0 Å². The Morgan fingerprint density at radius 1 is 0.885 bits per heavy atom. The fraction of sp³-hybridized carbons (Fsp3) is 0.208. The molecule has 0 fully saturated rings. The average molecular weight is 341 g/mol. The summed E-state index contributed by atoms with van der Waals surface area (Å²) in [6.45, 7) is 4.97. The van der Waals surface area contributed by atoms with Crippen LogP contribution in [0.25, 0.3) is 16.3 Å². The van der Waals surface area contributed by atoms with E-state index in [1.54, 1.807) is 0 Å². The Hall–Kier alpha value is -2.87. The minimum atomic E-state index is 0.584. The van der Waals surface area contributed by atoms with Gasteiger partial charge < -0.3 is 4.74 Å². The highest BCUT2D eigenvalue weighted by atomic mass is 16.5. The van der Waals surface area contributed by atoms with E-state index in [4.69, 9.17) is 10.1 Å². The van der Waals surface area contributed by atoms with Crippen molar-refractivity contribution >= 4 is 22.1 Å². The third-order valence-corrected chi connectivity index (χ3v) is 5.04. The van der Waals surface area contributed by atoms with Crippen molar-refractivity contribution in [1.82, 2.24) is 0 Å². The molecular weight excluding hydrogens is 318 g/mol. The number of hydrogen-bond acceptors (Lipinski definition) is 2. The van der Waals surface area contributed by atoms with Crippen LogP contribution in [0.15, 0.2) is 66.2 Å². The quantitative estimate of drug-likeness (QED) is 0.580. The molecule has 1 heterocycles. The van der Waals surface area contributed by atoms with Crippen LogP contribution in [0, 0.1) is 5.41 Å². The van der Waals surface area contributed by atoms with Gasteiger partial charge in [0, 0.05) is 16.7 Å². The van der Waals surface area contributed by atoms with Crippen LogP contribution in [0.3, 0.4) is 0 Å². The van der Waals surface area contributed by atoms with Crippen molar-refractivity contribution in [1.29, 1.82) is 5.41 Å². The highest BCUT2D eigenvalue weighted by Gasteiger charge is 2.21. The Bertz CT molecular complexity index is 1020. The molecule has 4 rings (SSSR count). The van der Waals surface area contributed by atoms with Gasteiger partial charge in [-0.3, -0.25) is 5.41 Å². The van der Waals surface area contributed by atoms with E-state index in [1.165, 1.54) is 10.9 Å². The molecule has 0 aromatic heterocycles. The first kappa shape index (κ1) is 16.6. The standard InChI is InChI=1S/C24H23NO/c1-16(2)23(20-11-6-14-22-19(20)13-7-15-26-22)24(25)21-12-5-9-17-8-3-4-10-18(17)21/h3-6,8-12,14,25H,7,13,15H2,1-2H3. The highest BCUT2D eigenvalue weighted by Crippen LogP contribution is 2.35. The van der Waals surface area contributed by atoms with Gasteiger partial charge in [0.2, 0.25) is 0 Å². The summed E-state index contributed by atoms with van der Waals surface area (Å²) in [5.74, 6) is 0.971. The van der Waals surface area contributed by atoms with Gasteiger partial charge in [-0.1, -0.05) is 60.2 Å². The molecule has 0 atom stereocenters. The molecule has 1 N–H and O–H groups in total. The zero-order valence-electron chi connectivity index (χ0n) is 15.3. The van der Waals surface area contributed by atoms with E-state index in [0.717, 1.165) is 52.9 Å². The van der Waals surface area contributed by atoms with Gasteiger partial charge in [0.15, 0.2) is 0 Å². The van der Waals surface area contributed by atoms with E-state index in [2.05, 4.69) is 44.2 Å². The minimum Gasteiger partial charge on any atom is -0.493 e. The molecule has 26 heavy (non-hydrogen) atoms. The molecule has 1 aliphatic rings. The summed E-state index contributed by atoms with van der Waals surface area (Å²) in [6.07, 6.45) is 2.03. The summed E-state index contributed by atoms with van der Waals surface area (Å²) < 4.78 is 5.86. The van der Waals surface area contributed by atoms with Crippen LogP contribution in [0.4, 0.5) is 0 Å². The van der Waals surface area contributed by atoms with Crippen molar-refractivity contribution in [2.24, 2.45) is 0 Å². The third kappa shape index (κ3) is 2.82. The smallest absolute Gasteiger partial charge is 0.123 e. The molecule has 130 valence electrons. The van der Waals surface area contributed by atoms with E-state index >= 15 is 0 Å². The maximum Gasteiger partial charge on any atom is 0.123 e. The SMILES string of the molecule is CC(C)=C(C(=N)c1cccc2ccccc12)c1cccc2c1CCCO2. The molecule has 0 radical (unpaired) electrons. The third-order valence-electron chi connectivity index (χ3n) is 5.04. The first-order valence-corrected chi connectivity index (χ1v) is 9.16. The molecule has 0 amide bonds. The summed E-state index contributed by atoms with van der Waals surface area (Å²) in [5.41, 5.74) is 6.11. The van der Waals surface area contributed by atoms with Crippen LogP contribution < -0.4 is 4.74 Å². The molecule has 2 nitrogen and oxygen atoms in total. The normalized spacial score (nSPS) is 13.0. The van der Waals surface area contributed by atoms with Gasteiger partial charge in [0.1, 0.15) is 5.75 Å². The maximum atomic E-state index is 9.06. The number of fused-ring (bicyclic) bond motifs is 2. The predicted octanol–water partition coefficient (Wildman–Crippen LogP) is 6.03. The number of nitrogens with one attached hydrogen (secondary N) is 1. The van der Waals surface area contributed by atoms with Crippen LogP contribution in [-0.2, 0) is 6.42 Å². The molecule has 3 aromatic rings. The summed E-state index contributed by atoms with van der Waals surface area (Å²) in [4.78, 5) is 0. The fourth-order valence-corrected chi connectivity index (χ4v) is 3.86. The van der Waals surface area contributed by atoms with Crippen LogP contribution in [0.2, 0.25) is 0 Å². The van der Waals surface area contributed by atoms with E-state index < -0.39 is 0 Å². The Balaban J connectivity index is 1.89. The minimum absolute atomic E-state index is 0.584. The highest BCUT2D eigenvalue weighted by molar-refractivity contribution is 6.34. The van der Waals surface area contributed by atoms with Crippen molar-refractivity contribution in [3.8, 4) is 5.75 Å². The molecule has 0 aliphatic carbocycles. The molecule has 0 spiro atoms. The zero-order chi connectivity index (χ0) is 18.1. The second kappa shape index (κ2) is 6.80. The van der Waals surface area contributed by atoms with Crippen LogP contribution >= 0.6 is 0 Å². The lowest BCUT2D eigenvalue weighted by molar-refractivity contribution is 0.288. The lowest BCUT2D eigenvalue weighted by Gasteiger charge is -2.23. The summed E-state index contributed by atoms with van der Waals surface area (Å²) in [6, 6.07) is 20.7. The molecule has 0 bridgehead atoms. The zero-order valence-corrected chi connectivity index (χ0v) is 15.3. The van der Waals surface area contributed by atoms with Crippen LogP contribution in [-0.4, -0.2) is 12.3 Å². The summed E-state index contributed by atoms with van der Waals surface area (Å²) >= 11 is 0. The molecular formula is C24H23NO. The predicted molar refractivity (Wildman–Crippen MR) is 109 cm³/mol. The van der Waals surface area contributed by atoms with Crippen LogP contribution in [0.1, 0.15) is 37.0 Å². The molecule has 0 saturated heterocycles. The van der Waals surface area contributed by atoms with Gasteiger partial charge in [0.05, 0.1) is 12.3 Å². The Labute approximate surface area is 154 Å². The van der Waals surface area contributed by atoms with Crippen molar-refractivity contribution in [3.05, 3.63) is 82.9 Å². The van der Waals surface area contributed by atoms with Crippen molar-refractivity contribution in [3.63, 3.8) is 0 Å². The average Bonchev–Trinajstić information content (AvgIpc) is 2.67. The van der Waals surface area contributed by atoms with Gasteiger partial charge in [-0.25, -0.2) is 0 Å².